The van der Waals surface area contributed by atoms with E-state index in [4.69, 9.17) is 4.74 Å². The summed E-state index contributed by atoms with van der Waals surface area (Å²) in [4.78, 5) is 10.8. The van der Waals surface area contributed by atoms with Crippen LogP contribution in [0.2, 0.25) is 0 Å². The summed E-state index contributed by atoms with van der Waals surface area (Å²) in [5.74, 6) is -1.59. The number of carbonyl (C=O) groups excluding carboxylic acids is 1. The molecule has 0 aliphatic carbocycles. The third-order valence-electron chi connectivity index (χ3n) is 2.22. The summed E-state index contributed by atoms with van der Waals surface area (Å²) in [5, 5.41) is 2.49. The minimum absolute atomic E-state index is 0.0939. The Morgan fingerprint density at radius 1 is 1.33 bits per heavy atom. The number of halogens is 2. The first-order valence-corrected chi connectivity index (χ1v) is 4.50. The van der Waals surface area contributed by atoms with Gasteiger partial charge in [-0.05, 0) is 12.1 Å². The molecule has 0 radical (unpaired) electrons. The first kappa shape index (κ1) is 10.0. The fraction of sp³-hybridized carbons (Fsp3) is 0.300. The molecule has 2 rings (SSSR count). The van der Waals surface area contributed by atoms with Crippen LogP contribution in [-0.4, -0.2) is 19.1 Å². The van der Waals surface area contributed by atoms with Crippen LogP contribution in [0.4, 0.5) is 8.78 Å². The van der Waals surface area contributed by atoms with Crippen molar-refractivity contribution in [2.45, 2.75) is 6.10 Å². The molecule has 15 heavy (non-hydrogen) atoms. The van der Waals surface area contributed by atoms with E-state index in [0.29, 0.717) is 0 Å². The topological polar surface area (TPSA) is 38.3 Å². The molecule has 5 heteroatoms. The number of morpholine rings is 1. The summed E-state index contributed by atoms with van der Waals surface area (Å²) in [7, 11) is 0. The third kappa shape index (κ3) is 1.97. The minimum Gasteiger partial charge on any atom is -0.362 e. The van der Waals surface area contributed by atoms with Gasteiger partial charge < -0.3 is 10.1 Å². The highest BCUT2D eigenvalue weighted by Gasteiger charge is 2.25. The number of hydrogen-bond donors (Lipinski definition) is 1. The van der Waals surface area contributed by atoms with E-state index < -0.39 is 17.7 Å². The van der Waals surface area contributed by atoms with Gasteiger partial charge >= 0.3 is 0 Å². The van der Waals surface area contributed by atoms with Gasteiger partial charge in [0, 0.05) is 6.54 Å². The van der Waals surface area contributed by atoms with Gasteiger partial charge in [0.2, 0.25) is 5.91 Å². The third-order valence-corrected chi connectivity index (χ3v) is 2.22. The van der Waals surface area contributed by atoms with Crippen LogP contribution in [0.3, 0.4) is 0 Å². The molecule has 80 valence electrons. The second kappa shape index (κ2) is 3.94. The maximum atomic E-state index is 13.3. The average molecular weight is 213 g/mol. The Hall–Kier alpha value is -1.49. The SMILES string of the molecule is O=C1CO[C@H](c2c(F)cccc2F)CN1. The van der Waals surface area contributed by atoms with Crippen molar-refractivity contribution < 1.29 is 18.3 Å². The first-order chi connectivity index (χ1) is 7.18. The van der Waals surface area contributed by atoms with Crippen molar-refractivity contribution in [1.82, 2.24) is 5.32 Å². The van der Waals surface area contributed by atoms with E-state index in [1.807, 2.05) is 0 Å². The maximum absolute atomic E-state index is 13.3. The van der Waals surface area contributed by atoms with Crippen LogP contribution in [0, 0.1) is 11.6 Å². The van der Waals surface area contributed by atoms with E-state index in [2.05, 4.69) is 5.32 Å². The summed E-state index contributed by atoms with van der Waals surface area (Å²) in [5.41, 5.74) is -0.127. The zero-order valence-electron chi connectivity index (χ0n) is 7.80. The Balaban J connectivity index is 2.26. The van der Waals surface area contributed by atoms with E-state index in [-0.39, 0.29) is 24.6 Å². The molecule has 1 aromatic carbocycles. The summed E-state index contributed by atoms with van der Waals surface area (Å²) >= 11 is 0. The molecule has 1 aliphatic rings. The predicted octanol–water partition coefficient (Wildman–Crippen LogP) is 1.15. The van der Waals surface area contributed by atoms with Gasteiger partial charge in [-0.25, -0.2) is 8.78 Å². The Morgan fingerprint density at radius 2 is 2.00 bits per heavy atom. The van der Waals surface area contributed by atoms with Crippen LogP contribution in [0.5, 0.6) is 0 Å². The summed E-state index contributed by atoms with van der Waals surface area (Å²) in [6.45, 7) is -0.0743. The highest BCUT2D eigenvalue weighted by Crippen LogP contribution is 2.24. The monoisotopic (exact) mass is 213 g/mol. The van der Waals surface area contributed by atoms with E-state index in [1.165, 1.54) is 6.07 Å². The number of ether oxygens (including phenoxy) is 1. The van der Waals surface area contributed by atoms with Gasteiger partial charge in [-0.2, -0.15) is 0 Å². The second-order valence-electron chi connectivity index (χ2n) is 3.24. The zero-order valence-corrected chi connectivity index (χ0v) is 7.80. The van der Waals surface area contributed by atoms with Gasteiger partial charge in [-0.15, -0.1) is 0 Å². The number of nitrogens with one attached hydrogen (secondary N) is 1. The van der Waals surface area contributed by atoms with Crippen LogP contribution in [0.25, 0.3) is 0 Å². The highest BCUT2D eigenvalue weighted by atomic mass is 19.1. The van der Waals surface area contributed by atoms with Crippen molar-refractivity contribution in [1.29, 1.82) is 0 Å². The standard InChI is InChI=1S/C10H9F2NO2/c11-6-2-1-3-7(12)10(6)8-4-13-9(14)5-15-8/h1-3,8H,4-5H2,(H,13,14)/t8-/m0/s1. The van der Waals surface area contributed by atoms with E-state index >= 15 is 0 Å². The molecule has 0 saturated carbocycles. The van der Waals surface area contributed by atoms with Gasteiger partial charge in [0.05, 0.1) is 5.56 Å². The lowest BCUT2D eigenvalue weighted by Crippen LogP contribution is -2.39. The molecule has 1 heterocycles. The van der Waals surface area contributed by atoms with Crippen LogP contribution in [-0.2, 0) is 9.53 Å². The summed E-state index contributed by atoms with van der Waals surface area (Å²) < 4.78 is 31.6. The van der Waals surface area contributed by atoms with Gasteiger partial charge in [0.25, 0.3) is 0 Å². The van der Waals surface area contributed by atoms with E-state index in [9.17, 15) is 13.6 Å². The first-order valence-electron chi connectivity index (χ1n) is 4.50. The van der Waals surface area contributed by atoms with Crippen molar-refractivity contribution in [3.05, 3.63) is 35.4 Å². The number of hydrogen-bond acceptors (Lipinski definition) is 2. The fourth-order valence-electron chi connectivity index (χ4n) is 1.50. The molecule has 1 saturated heterocycles. The molecule has 1 N–H and O–H groups in total. The molecule has 1 aliphatic heterocycles. The largest absolute Gasteiger partial charge is 0.362 e. The Kier molecular flexibility index (Phi) is 2.64. The van der Waals surface area contributed by atoms with Gasteiger partial charge in [0.15, 0.2) is 0 Å². The lowest BCUT2D eigenvalue weighted by Gasteiger charge is -2.23. The average Bonchev–Trinajstić information content (AvgIpc) is 2.20. The molecule has 0 spiro atoms. The van der Waals surface area contributed by atoms with E-state index in [0.717, 1.165) is 12.1 Å². The van der Waals surface area contributed by atoms with Crippen molar-refractivity contribution in [3.8, 4) is 0 Å². The molecule has 0 unspecified atom stereocenters. The molecule has 1 atom stereocenters. The summed E-state index contributed by atoms with van der Waals surface area (Å²) in [6, 6.07) is 3.62. The Morgan fingerprint density at radius 3 is 2.53 bits per heavy atom. The van der Waals surface area contributed by atoms with Crippen molar-refractivity contribution >= 4 is 5.91 Å². The van der Waals surface area contributed by atoms with Gasteiger partial charge in [0.1, 0.15) is 24.3 Å². The molecule has 0 aromatic heterocycles. The zero-order chi connectivity index (χ0) is 10.8. The summed E-state index contributed by atoms with van der Waals surface area (Å²) in [6.07, 6.45) is -0.746. The molecule has 3 nitrogen and oxygen atoms in total. The molecular formula is C10H9F2NO2. The number of benzene rings is 1. The number of rotatable bonds is 1. The van der Waals surface area contributed by atoms with Crippen LogP contribution >= 0.6 is 0 Å². The van der Waals surface area contributed by atoms with Crippen molar-refractivity contribution in [2.24, 2.45) is 0 Å². The molecule has 1 aromatic rings. The normalized spacial score (nSPS) is 21.2. The quantitative estimate of drug-likeness (QED) is 0.760. The molecule has 1 fully saturated rings. The van der Waals surface area contributed by atoms with Crippen LogP contribution in [0.15, 0.2) is 18.2 Å². The lowest BCUT2D eigenvalue weighted by molar-refractivity contribution is -0.133. The minimum atomic E-state index is -0.746. The second-order valence-corrected chi connectivity index (χ2v) is 3.24. The van der Waals surface area contributed by atoms with Crippen molar-refractivity contribution in [2.75, 3.05) is 13.2 Å². The van der Waals surface area contributed by atoms with Gasteiger partial charge in [-0.3, -0.25) is 4.79 Å². The molecule has 0 bridgehead atoms. The van der Waals surface area contributed by atoms with Crippen LogP contribution in [0.1, 0.15) is 11.7 Å². The number of carbonyl (C=O) groups is 1. The van der Waals surface area contributed by atoms with Gasteiger partial charge in [-0.1, -0.05) is 6.07 Å². The fourth-order valence-corrected chi connectivity index (χ4v) is 1.50. The van der Waals surface area contributed by atoms with Crippen LogP contribution < -0.4 is 5.32 Å². The Labute approximate surface area is 85.0 Å². The smallest absolute Gasteiger partial charge is 0.246 e. The highest BCUT2D eigenvalue weighted by molar-refractivity contribution is 5.77. The van der Waals surface area contributed by atoms with Crippen molar-refractivity contribution in [3.63, 3.8) is 0 Å². The lowest BCUT2D eigenvalue weighted by atomic mass is 10.1. The molecule has 1 amide bonds. The number of amides is 1. The van der Waals surface area contributed by atoms with E-state index in [1.54, 1.807) is 0 Å². The Bertz CT molecular complexity index is 365. The maximum Gasteiger partial charge on any atom is 0.246 e. The molecular weight excluding hydrogens is 204 g/mol. The predicted molar refractivity (Wildman–Crippen MR) is 48.1 cm³/mol.